The molecule has 0 aromatic carbocycles. The molecule has 2 aromatic heterocycles. The van der Waals surface area contributed by atoms with Crippen LogP contribution >= 0.6 is 0 Å². The maximum absolute atomic E-state index is 12.2. The van der Waals surface area contributed by atoms with Crippen molar-refractivity contribution in [1.29, 1.82) is 0 Å². The third-order valence-corrected chi connectivity index (χ3v) is 4.16. The molecule has 0 unspecified atom stereocenters. The van der Waals surface area contributed by atoms with Crippen LogP contribution in [-0.2, 0) is 6.54 Å². The zero-order valence-electron chi connectivity index (χ0n) is 14.2. The highest BCUT2D eigenvalue weighted by molar-refractivity contribution is 5.92. The van der Waals surface area contributed by atoms with Crippen LogP contribution in [0.3, 0.4) is 0 Å². The molecular weight excluding hydrogens is 314 g/mol. The second kappa shape index (κ2) is 8.92. The fourth-order valence-electron chi connectivity index (χ4n) is 2.80. The number of pyridine rings is 1. The molecule has 0 saturated heterocycles. The SMILES string of the molecule is O=C(NCc1ccccn1)c1ccnc(NCCC2=CCCCC2)n1. The highest BCUT2D eigenvalue weighted by atomic mass is 16.1. The van der Waals surface area contributed by atoms with Gasteiger partial charge in [0, 0.05) is 18.9 Å². The molecule has 25 heavy (non-hydrogen) atoms. The van der Waals surface area contributed by atoms with Gasteiger partial charge in [0.1, 0.15) is 5.69 Å². The normalized spacial score (nSPS) is 13.8. The van der Waals surface area contributed by atoms with Crippen LogP contribution in [0.4, 0.5) is 5.95 Å². The van der Waals surface area contributed by atoms with Gasteiger partial charge in [-0.25, -0.2) is 9.97 Å². The quantitative estimate of drug-likeness (QED) is 0.759. The molecule has 0 bridgehead atoms. The molecule has 2 aromatic rings. The third-order valence-electron chi connectivity index (χ3n) is 4.16. The lowest BCUT2D eigenvalue weighted by Gasteiger charge is -2.13. The van der Waals surface area contributed by atoms with E-state index in [1.807, 2.05) is 18.2 Å². The van der Waals surface area contributed by atoms with E-state index in [0.717, 1.165) is 18.7 Å². The molecule has 1 amide bonds. The molecule has 1 aliphatic carbocycles. The van der Waals surface area contributed by atoms with Gasteiger partial charge in [0.15, 0.2) is 0 Å². The van der Waals surface area contributed by atoms with E-state index in [1.165, 1.54) is 31.3 Å². The first-order valence-corrected chi connectivity index (χ1v) is 8.74. The fourth-order valence-corrected chi connectivity index (χ4v) is 2.80. The average Bonchev–Trinajstić information content (AvgIpc) is 2.68. The minimum absolute atomic E-state index is 0.230. The third kappa shape index (κ3) is 5.38. The molecule has 6 heteroatoms. The van der Waals surface area contributed by atoms with Crippen molar-refractivity contribution in [3.05, 3.63) is 59.7 Å². The van der Waals surface area contributed by atoms with Crippen LogP contribution in [0.1, 0.15) is 48.3 Å². The molecule has 3 rings (SSSR count). The molecular formula is C19H23N5O. The van der Waals surface area contributed by atoms with E-state index < -0.39 is 0 Å². The van der Waals surface area contributed by atoms with Crippen molar-refractivity contribution >= 4 is 11.9 Å². The summed E-state index contributed by atoms with van der Waals surface area (Å²) in [6, 6.07) is 7.22. The molecule has 0 aliphatic heterocycles. The summed E-state index contributed by atoms with van der Waals surface area (Å²) in [6.07, 6.45) is 11.6. The maximum Gasteiger partial charge on any atom is 0.270 e. The Morgan fingerprint density at radius 3 is 2.88 bits per heavy atom. The van der Waals surface area contributed by atoms with Gasteiger partial charge >= 0.3 is 0 Å². The van der Waals surface area contributed by atoms with E-state index in [1.54, 1.807) is 18.5 Å². The fraction of sp³-hybridized carbons (Fsp3) is 0.368. The Labute approximate surface area is 147 Å². The van der Waals surface area contributed by atoms with Crippen molar-refractivity contribution in [3.8, 4) is 0 Å². The van der Waals surface area contributed by atoms with Gasteiger partial charge < -0.3 is 10.6 Å². The number of rotatable bonds is 7. The van der Waals surface area contributed by atoms with Gasteiger partial charge in [-0.3, -0.25) is 9.78 Å². The summed E-state index contributed by atoms with van der Waals surface area (Å²) in [5.74, 6) is 0.257. The summed E-state index contributed by atoms with van der Waals surface area (Å²) in [5.41, 5.74) is 2.66. The minimum Gasteiger partial charge on any atom is -0.354 e. The predicted molar refractivity (Wildman–Crippen MR) is 97.1 cm³/mol. The monoisotopic (exact) mass is 337 g/mol. The number of carbonyl (C=O) groups excluding carboxylic acids is 1. The second-order valence-electron chi connectivity index (χ2n) is 6.05. The van der Waals surface area contributed by atoms with E-state index in [2.05, 4.69) is 31.7 Å². The Morgan fingerprint density at radius 2 is 2.08 bits per heavy atom. The molecule has 0 atom stereocenters. The molecule has 130 valence electrons. The molecule has 2 N–H and O–H groups in total. The average molecular weight is 337 g/mol. The van der Waals surface area contributed by atoms with Crippen molar-refractivity contribution in [1.82, 2.24) is 20.3 Å². The Kier molecular flexibility index (Phi) is 6.09. The first-order valence-electron chi connectivity index (χ1n) is 8.74. The van der Waals surface area contributed by atoms with Gasteiger partial charge in [0.2, 0.25) is 5.95 Å². The van der Waals surface area contributed by atoms with Crippen molar-refractivity contribution < 1.29 is 4.79 Å². The van der Waals surface area contributed by atoms with E-state index >= 15 is 0 Å². The standard InChI is InChI=1S/C19H23N5O/c25-18(23-14-16-8-4-5-11-20-16)17-10-13-22-19(24-17)21-12-9-15-6-2-1-3-7-15/h4-6,8,10-11,13H,1-3,7,9,12,14H2,(H,23,25)(H,21,22,24). The van der Waals surface area contributed by atoms with Crippen LogP contribution in [0.5, 0.6) is 0 Å². The number of allylic oxidation sites excluding steroid dienone is 1. The molecule has 0 saturated carbocycles. The van der Waals surface area contributed by atoms with Gasteiger partial charge in [-0.2, -0.15) is 0 Å². The predicted octanol–water partition coefficient (Wildman–Crippen LogP) is 3.10. The van der Waals surface area contributed by atoms with Gasteiger partial charge in [0.05, 0.1) is 12.2 Å². The second-order valence-corrected chi connectivity index (χ2v) is 6.05. The highest BCUT2D eigenvalue weighted by Crippen LogP contribution is 2.19. The summed E-state index contributed by atoms with van der Waals surface area (Å²) in [6.45, 7) is 1.16. The molecule has 0 radical (unpaired) electrons. The van der Waals surface area contributed by atoms with E-state index in [4.69, 9.17) is 0 Å². The number of hydrogen-bond acceptors (Lipinski definition) is 5. The highest BCUT2D eigenvalue weighted by Gasteiger charge is 2.09. The number of anilines is 1. The Hall–Kier alpha value is -2.76. The molecule has 6 nitrogen and oxygen atoms in total. The maximum atomic E-state index is 12.2. The lowest BCUT2D eigenvalue weighted by molar-refractivity contribution is 0.0945. The van der Waals surface area contributed by atoms with Crippen LogP contribution in [0.25, 0.3) is 0 Å². The number of hydrogen-bond donors (Lipinski definition) is 2. The van der Waals surface area contributed by atoms with Gasteiger partial charge in [-0.05, 0) is 50.3 Å². The number of nitrogens with zero attached hydrogens (tertiary/aromatic N) is 3. The number of aromatic nitrogens is 3. The lowest BCUT2D eigenvalue weighted by atomic mass is 9.97. The van der Waals surface area contributed by atoms with E-state index in [9.17, 15) is 4.79 Å². The molecule has 1 aliphatic rings. The van der Waals surface area contributed by atoms with Crippen LogP contribution in [0.15, 0.2) is 48.3 Å². The summed E-state index contributed by atoms with van der Waals surface area (Å²) in [4.78, 5) is 24.9. The van der Waals surface area contributed by atoms with Crippen molar-refractivity contribution in [2.45, 2.75) is 38.6 Å². The van der Waals surface area contributed by atoms with Crippen LogP contribution in [0, 0.1) is 0 Å². The number of nitrogens with one attached hydrogen (secondary N) is 2. The summed E-state index contributed by atoms with van der Waals surface area (Å²) >= 11 is 0. The van der Waals surface area contributed by atoms with Gasteiger partial charge in [0.25, 0.3) is 5.91 Å². The Bertz CT molecular complexity index is 730. The van der Waals surface area contributed by atoms with Gasteiger partial charge in [-0.1, -0.05) is 17.7 Å². The Morgan fingerprint density at radius 1 is 1.12 bits per heavy atom. The molecule has 2 heterocycles. The largest absolute Gasteiger partial charge is 0.354 e. The number of carbonyl (C=O) groups is 1. The van der Waals surface area contributed by atoms with Crippen molar-refractivity contribution in [3.63, 3.8) is 0 Å². The first-order chi connectivity index (χ1) is 12.3. The molecule has 0 fully saturated rings. The zero-order chi connectivity index (χ0) is 17.3. The van der Waals surface area contributed by atoms with Crippen LogP contribution in [0.2, 0.25) is 0 Å². The smallest absolute Gasteiger partial charge is 0.270 e. The topological polar surface area (TPSA) is 79.8 Å². The summed E-state index contributed by atoms with van der Waals surface area (Å²) < 4.78 is 0. The van der Waals surface area contributed by atoms with Crippen LogP contribution < -0.4 is 10.6 Å². The first kappa shape index (κ1) is 17.1. The zero-order valence-corrected chi connectivity index (χ0v) is 14.2. The number of amides is 1. The lowest BCUT2D eigenvalue weighted by Crippen LogP contribution is -2.24. The summed E-state index contributed by atoms with van der Waals surface area (Å²) in [7, 11) is 0. The van der Waals surface area contributed by atoms with E-state index in [0.29, 0.717) is 18.2 Å². The van der Waals surface area contributed by atoms with Crippen molar-refractivity contribution in [2.24, 2.45) is 0 Å². The van der Waals surface area contributed by atoms with Gasteiger partial charge in [-0.15, -0.1) is 0 Å². The van der Waals surface area contributed by atoms with E-state index in [-0.39, 0.29) is 5.91 Å². The van der Waals surface area contributed by atoms with Crippen LogP contribution in [-0.4, -0.2) is 27.4 Å². The summed E-state index contributed by atoms with van der Waals surface area (Å²) in [5, 5.41) is 6.03. The minimum atomic E-state index is -0.230. The molecule has 0 spiro atoms. The Balaban J connectivity index is 1.50. The van der Waals surface area contributed by atoms with Crippen molar-refractivity contribution in [2.75, 3.05) is 11.9 Å².